The zero-order chi connectivity index (χ0) is 35.0. The van der Waals surface area contributed by atoms with E-state index in [0.29, 0.717) is 40.1 Å². The van der Waals surface area contributed by atoms with Crippen LogP contribution in [0.1, 0.15) is 91.1 Å². The van der Waals surface area contributed by atoms with Crippen LogP contribution in [-0.4, -0.2) is 72.9 Å². The number of epoxide rings is 1. The number of hydrogen-bond acceptors (Lipinski definition) is 8. The summed E-state index contributed by atoms with van der Waals surface area (Å²) < 4.78 is 23.7. The molecule has 4 fully saturated rings. The summed E-state index contributed by atoms with van der Waals surface area (Å²) in [4.78, 5) is 39.2. The molecule has 7 rings (SSSR count). The van der Waals surface area contributed by atoms with Crippen molar-refractivity contribution in [3.05, 3.63) is 88.0 Å². The highest BCUT2D eigenvalue weighted by Gasteiger charge is 2.56. The SMILES string of the molecule is CC1(C)C[C@@H]2C(=Cc3cccc(C(=O)O[C@@H]4CC(C(=O)NCc5cccc(C(=O)NCCO)c5)=C[C@H]5OCO[C@H]54)c3)CCC3O[C@]3(C)CC[C@H]21. The van der Waals surface area contributed by atoms with Crippen LogP contribution < -0.4 is 10.6 Å². The molecular formula is C40H48N2O8. The van der Waals surface area contributed by atoms with E-state index in [1.54, 1.807) is 30.3 Å². The molecular weight excluding hydrogens is 636 g/mol. The Morgan fingerprint density at radius 3 is 2.64 bits per heavy atom. The molecule has 2 aliphatic heterocycles. The number of carbonyl (C=O) groups excluding carboxylic acids is 3. The van der Waals surface area contributed by atoms with Crippen LogP contribution in [0.2, 0.25) is 0 Å². The first-order valence-electron chi connectivity index (χ1n) is 17.9. The Kier molecular flexibility index (Phi) is 9.73. The Morgan fingerprint density at radius 2 is 1.82 bits per heavy atom. The number of benzene rings is 2. The molecule has 5 aliphatic rings. The fraction of sp³-hybridized carbons (Fsp3) is 0.525. The molecule has 0 bridgehead atoms. The quantitative estimate of drug-likeness (QED) is 0.245. The molecule has 0 radical (unpaired) electrons. The summed E-state index contributed by atoms with van der Waals surface area (Å²) in [5.74, 6) is 0.0978. The van der Waals surface area contributed by atoms with E-state index in [0.717, 1.165) is 30.4 Å². The minimum Gasteiger partial charge on any atom is -0.456 e. The normalized spacial score (nSPS) is 31.7. The number of hydrogen-bond donors (Lipinski definition) is 3. The number of fused-ring (bicyclic) bond motifs is 3. The molecule has 10 nitrogen and oxygen atoms in total. The Hall–Kier alpha value is -3.83. The van der Waals surface area contributed by atoms with Gasteiger partial charge in [0, 0.05) is 30.6 Å². The Morgan fingerprint density at radius 1 is 1.00 bits per heavy atom. The standard InChI is InChI=1S/C40H48N2O8/c1-39(2)21-30-26(10-11-34-40(3,50-34)13-12-31(30)39)16-24-6-4-9-28(17-24)38(46)49-33-20-29(19-32-35(33)48-23-47-32)37(45)42-22-25-7-5-8-27(18-25)36(44)41-14-15-43/h4-9,16-19,30-35,43H,10-15,20-23H2,1-3H3,(H,41,44)(H,42,45)/t30-,31-,32-,33-,34?,35-,40-/m1/s1. The summed E-state index contributed by atoms with van der Waals surface area (Å²) in [6.45, 7) is 7.28. The third kappa shape index (κ3) is 7.30. The van der Waals surface area contributed by atoms with Crippen LogP contribution >= 0.6 is 0 Å². The van der Waals surface area contributed by atoms with Crippen LogP contribution in [0, 0.1) is 17.3 Å². The molecule has 2 amide bonds. The molecule has 2 aromatic carbocycles. The van der Waals surface area contributed by atoms with Crippen molar-refractivity contribution in [1.29, 1.82) is 0 Å². The smallest absolute Gasteiger partial charge is 0.338 e. The molecule has 266 valence electrons. The maximum atomic E-state index is 13.6. The predicted octanol–water partition coefficient (Wildman–Crippen LogP) is 5.10. The second-order valence-electron chi connectivity index (χ2n) is 15.3. The van der Waals surface area contributed by atoms with E-state index in [2.05, 4.69) is 37.5 Å². The minimum absolute atomic E-state index is 0.0316. The number of carbonyl (C=O) groups is 3. The van der Waals surface area contributed by atoms with Gasteiger partial charge in [0.1, 0.15) is 25.1 Å². The highest BCUT2D eigenvalue weighted by molar-refractivity contribution is 5.95. The first-order chi connectivity index (χ1) is 24.0. The van der Waals surface area contributed by atoms with Crippen molar-refractivity contribution in [2.45, 2.75) is 95.9 Å². The number of aliphatic hydroxyl groups excluding tert-OH is 1. The van der Waals surface area contributed by atoms with Crippen LogP contribution in [0.25, 0.3) is 6.08 Å². The van der Waals surface area contributed by atoms with E-state index in [-0.39, 0.29) is 50.3 Å². The Bertz CT molecular complexity index is 1700. The van der Waals surface area contributed by atoms with E-state index in [4.69, 9.17) is 24.1 Å². The van der Waals surface area contributed by atoms with Crippen molar-refractivity contribution >= 4 is 23.9 Å². The van der Waals surface area contributed by atoms with Crippen LogP contribution in [0.3, 0.4) is 0 Å². The monoisotopic (exact) mass is 684 g/mol. The van der Waals surface area contributed by atoms with Crippen molar-refractivity contribution in [1.82, 2.24) is 10.6 Å². The van der Waals surface area contributed by atoms with Gasteiger partial charge in [-0.25, -0.2) is 4.79 Å². The van der Waals surface area contributed by atoms with E-state index >= 15 is 0 Å². The molecule has 2 aromatic rings. The summed E-state index contributed by atoms with van der Waals surface area (Å²) in [5.41, 5.74) is 4.85. The Balaban J connectivity index is 1.01. The third-order valence-electron chi connectivity index (χ3n) is 11.5. The van der Waals surface area contributed by atoms with Crippen molar-refractivity contribution in [3.63, 3.8) is 0 Å². The summed E-state index contributed by atoms with van der Waals surface area (Å²) in [6.07, 6.45) is 8.29. The Labute approximate surface area is 293 Å². The van der Waals surface area contributed by atoms with Crippen LogP contribution in [0.15, 0.2) is 65.8 Å². The maximum Gasteiger partial charge on any atom is 0.338 e. The van der Waals surface area contributed by atoms with Gasteiger partial charge < -0.3 is 34.7 Å². The van der Waals surface area contributed by atoms with Gasteiger partial charge in [-0.05, 0) is 97.7 Å². The maximum absolute atomic E-state index is 13.6. The summed E-state index contributed by atoms with van der Waals surface area (Å²) in [7, 11) is 0. The molecule has 1 unspecified atom stereocenters. The van der Waals surface area contributed by atoms with Gasteiger partial charge in [-0.3, -0.25) is 9.59 Å². The lowest BCUT2D eigenvalue weighted by Crippen LogP contribution is -2.45. The topological polar surface area (TPSA) is 136 Å². The summed E-state index contributed by atoms with van der Waals surface area (Å²) in [5, 5.41) is 14.5. The minimum atomic E-state index is -0.707. The van der Waals surface area contributed by atoms with E-state index in [1.165, 1.54) is 18.4 Å². The molecule has 2 saturated heterocycles. The number of aliphatic hydroxyl groups is 1. The largest absolute Gasteiger partial charge is 0.456 e. The molecule has 10 heteroatoms. The number of esters is 1. The van der Waals surface area contributed by atoms with Crippen molar-refractivity contribution < 1.29 is 38.4 Å². The number of rotatable bonds is 9. The van der Waals surface area contributed by atoms with Crippen molar-refractivity contribution in [3.8, 4) is 0 Å². The van der Waals surface area contributed by atoms with Crippen molar-refractivity contribution in [2.75, 3.05) is 19.9 Å². The molecule has 2 heterocycles. The van der Waals surface area contributed by atoms with Gasteiger partial charge >= 0.3 is 5.97 Å². The third-order valence-corrected chi connectivity index (χ3v) is 11.5. The average Bonchev–Trinajstić information content (AvgIpc) is 3.48. The molecule has 50 heavy (non-hydrogen) atoms. The second-order valence-corrected chi connectivity index (χ2v) is 15.3. The van der Waals surface area contributed by atoms with Gasteiger partial charge in [-0.2, -0.15) is 0 Å². The number of ether oxygens (including phenoxy) is 4. The molecule has 7 atom stereocenters. The zero-order valence-electron chi connectivity index (χ0n) is 29.1. The lowest BCUT2D eigenvalue weighted by Gasteiger charge is -2.53. The van der Waals surface area contributed by atoms with Gasteiger partial charge in [0.25, 0.3) is 5.91 Å². The van der Waals surface area contributed by atoms with Crippen LogP contribution in [0.5, 0.6) is 0 Å². The van der Waals surface area contributed by atoms with Crippen LogP contribution in [-0.2, 0) is 30.3 Å². The lowest BCUT2D eigenvalue weighted by molar-refractivity contribution is -0.118. The van der Waals surface area contributed by atoms with Gasteiger partial charge in [0.15, 0.2) is 0 Å². The lowest BCUT2D eigenvalue weighted by atomic mass is 9.52. The van der Waals surface area contributed by atoms with Gasteiger partial charge in [0.05, 0.1) is 23.9 Å². The fourth-order valence-corrected chi connectivity index (χ4v) is 8.49. The first kappa shape index (κ1) is 34.6. The number of allylic oxidation sites excluding steroid dienone is 1. The molecule has 0 spiro atoms. The average molecular weight is 685 g/mol. The van der Waals surface area contributed by atoms with E-state index in [9.17, 15) is 14.4 Å². The highest BCUT2D eigenvalue weighted by atomic mass is 16.7. The number of amides is 2. The fourth-order valence-electron chi connectivity index (χ4n) is 8.49. The summed E-state index contributed by atoms with van der Waals surface area (Å²) in [6, 6.07) is 14.5. The van der Waals surface area contributed by atoms with Gasteiger partial charge in [0.2, 0.25) is 5.91 Å². The van der Waals surface area contributed by atoms with E-state index in [1.807, 2.05) is 24.3 Å². The zero-order valence-corrected chi connectivity index (χ0v) is 29.1. The highest BCUT2D eigenvalue weighted by Crippen LogP contribution is 2.59. The van der Waals surface area contributed by atoms with Gasteiger partial charge in [-0.15, -0.1) is 0 Å². The molecule has 3 aliphatic carbocycles. The molecule has 3 N–H and O–H groups in total. The number of nitrogens with one attached hydrogen (secondary N) is 2. The second kappa shape index (κ2) is 14.1. The van der Waals surface area contributed by atoms with Gasteiger partial charge in [-0.1, -0.05) is 49.8 Å². The first-order valence-corrected chi connectivity index (χ1v) is 17.9. The molecule has 0 aromatic heterocycles. The van der Waals surface area contributed by atoms with E-state index < -0.39 is 24.3 Å². The van der Waals surface area contributed by atoms with Crippen LogP contribution in [0.4, 0.5) is 0 Å². The van der Waals surface area contributed by atoms with Crippen molar-refractivity contribution in [2.24, 2.45) is 17.3 Å². The predicted molar refractivity (Wildman–Crippen MR) is 186 cm³/mol. The molecule has 2 saturated carbocycles. The summed E-state index contributed by atoms with van der Waals surface area (Å²) >= 11 is 0.